The lowest BCUT2D eigenvalue weighted by Crippen LogP contribution is -3.00. The Morgan fingerprint density at radius 1 is 1.50 bits per heavy atom. The first-order chi connectivity index (χ1) is 6.09. The van der Waals surface area contributed by atoms with Crippen LogP contribution in [0.5, 0.6) is 0 Å². The Labute approximate surface area is 90.9 Å². The zero-order chi connectivity index (χ0) is 9.84. The van der Waals surface area contributed by atoms with E-state index in [1.807, 2.05) is 0 Å². The van der Waals surface area contributed by atoms with Gasteiger partial charge in [-0.25, -0.2) is 4.79 Å². The van der Waals surface area contributed by atoms with E-state index in [4.69, 9.17) is 10.8 Å². The van der Waals surface area contributed by atoms with Crippen molar-refractivity contribution in [2.24, 2.45) is 5.73 Å². The number of aromatic nitrogens is 1. The summed E-state index contributed by atoms with van der Waals surface area (Å²) in [7, 11) is 0. The van der Waals surface area contributed by atoms with Gasteiger partial charge in [0.05, 0.1) is 0 Å². The van der Waals surface area contributed by atoms with Gasteiger partial charge in [-0.3, -0.25) is 4.79 Å². The van der Waals surface area contributed by atoms with Gasteiger partial charge in [-0.2, -0.15) is 4.57 Å². The number of hydrogen-bond acceptors (Lipinski definition) is 2. The molecule has 0 fully saturated rings. The van der Waals surface area contributed by atoms with E-state index in [9.17, 15) is 9.59 Å². The number of carbonyl (C=O) groups excluding carboxylic acids is 1. The molecular weight excluding hydrogens is 252 g/mol. The standard InChI is InChI=1S/C8H8N2O3.BrH/c9-7(11)5-10-3-1-2-6(4-10)8(12)13;/h1-4H,5H2,(H2-,9,11,12,13);1H. The van der Waals surface area contributed by atoms with Crippen LogP contribution in [0.1, 0.15) is 10.4 Å². The molecule has 0 saturated carbocycles. The summed E-state index contributed by atoms with van der Waals surface area (Å²) in [4.78, 5) is 21.0. The predicted octanol–water partition coefficient (Wildman–Crippen LogP) is -3.84. The molecule has 1 aromatic rings. The average molecular weight is 261 g/mol. The number of halogens is 1. The second-order valence-corrected chi connectivity index (χ2v) is 2.54. The Morgan fingerprint density at radius 3 is 2.64 bits per heavy atom. The smallest absolute Gasteiger partial charge is 0.341 e. The van der Waals surface area contributed by atoms with Crippen LogP contribution in [-0.2, 0) is 11.3 Å². The van der Waals surface area contributed by atoms with Gasteiger partial charge in [0.25, 0.3) is 5.91 Å². The van der Waals surface area contributed by atoms with E-state index >= 15 is 0 Å². The maximum atomic E-state index is 10.5. The van der Waals surface area contributed by atoms with Gasteiger partial charge < -0.3 is 27.8 Å². The highest BCUT2D eigenvalue weighted by Crippen LogP contribution is 1.92. The van der Waals surface area contributed by atoms with E-state index in [1.54, 1.807) is 12.3 Å². The number of pyridine rings is 1. The Bertz CT molecular complexity index is 354. The van der Waals surface area contributed by atoms with Gasteiger partial charge in [0.15, 0.2) is 12.4 Å². The molecule has 76 valence electrons. The molecule has 0 aliphatic heterocycles. The number of rotatable bonds is 3. The Kier molecular flexibility index (Phi) is 4.79. The summed E-state index contributed by atoms with van der Waals surface area (Å²) in [6, 6.07) is 2.99. The molecule has 0 aromatic carbocycles. The van der Waals surface area contributed by atoms with Gasteiger partial charge in [0.2, 0.25) is 6.54 Å². The van der Waals surface area contributed by atoms with Crippen molar-refractivity contribution in [3.8, 4) is 0 Å². The van der Waals surface area contributed by atoms with Crippen molar-refractivity contribution in [2.45, 2.75) is 6.54 Å². The first kappa shape index (κ1) is 12.6. The van der Waals surface area contributed by atoms with Crippen LogP contribution in [-0.4, -0.2) is 17.0 Å². The fourth-order valence-corrected chi connectivity index (χ4v) is 0.927. The van der Waals surface area contributed by atoms with Crippen LogP contribution in [0.15, 0.2) is 24.5 Å². The van der Waals surface area contributed by atoms with Crippen LogP contribution in [0.25, 0.3) is 0 Å². The summed E-state index contributed by atoms with van der Waals surface area (Å²) in [5, 5.41) is 8.61. The summed E-state index contributed by atoms with van der Waals surface area (Å²) in [5.41, 5.74) is 5.07. The monoisotopic (exact) mass is 260 g/mol. The highest BCUT2D eigenvalue weighted by atomic mass is 79.9. The van der Waals surface area contributed by atoms with Crippen molar-refractivity contribution in [1.82, 2.24) is 0 Å². The molecule has 0 unspecified atom stereocenters. The molecule has 0 radical (unpaired) electrons. The quantitative estimate of drug-likeness (QED) is 0.547. The summed E-state index contributed by atoms with van der Waals surface area (Å²) >= 11 is 0. The highest BCUT2D eigenvalue weighted by Gasteiger charge is 2.09. The van der Waals surface area contributed by atoms with Gasteiger partial charge in [-0.1, -0.05) is 0 Å². The Hall–Kier alpha value is -1.43. The third kappa shape index (κ3) is 3.53. The van der Waals surface area contributed by atoms with Crippen LogP contribution in [0.2, 0.25) is 0 Å². The Morgan fingerprint density at radius 2 is 2.14 bits per heavy atom. The van der Waals surface area contributed by atoms with Crippen LogP contribution < -0.4 is 27.3 Å². The molecule has 0 atom stereocenters. The zero-order valence-corrected chi connectivity index (χ0v) is 8.77. The Balaban J connectivity index is 0.00000169. The van der Waals surface area contributed by atoms with Gasteiger partial charge in [0, 0.05) is 6.07 Å². The first-order valence-electron chi connectivity index (χ1n) is 3.60. The zero-order valence-electron chi connectivity index (χ0n) is 7.18. The van der Waals surface area contributed by atoms with E-state index in [-0.39, 0.29) is 29.1 Å². The third-order valence-electron chi connectivity index (χ3n) is 1.44. The molecule has 3 N–H and O–H groups in total. The molecule has 0 spiro atoms. The van der Waals surface area contributed by atoms with Gasteiger partial charge in [-0.05, 0) is 6.07 Å². The summed E-state index contributed by atoms with van der Waals surface area (Å²) < 4.78 is 1.42. The number of amides is 1. The summed E-state index contributed by atoms with van der Waals surface area (Å²) in [6.45, 7) is -0.0128. The molecule has 5 nitrogen and oxygen atoms in total. The summed E-state index contributed by atoms with van der Waals surface area (Å²) in [6.07, 6.45) is 2.93. The van der Waals surface area contributed by atoms with Crippen molar-refractivity contribution in [3.63, 3.8) is 0 Å². The molecule has 0 saturated heterocycles. The number of carboxylic acid groups (broad SMARTS) is 1. The van der Waals surface area contributed by atoms with E-state index in [2.05, 4.69) is 0 Å². The average Bonchev–Trinajstić information content (AvgIpc) is 2.03. The minimum absolute atomic E-state index is 0. The van der Waals surface area contributed by atoms with Crippen LogP contribution >= 0.6 is 0 Å². The minimum atomic E-state index is -1.03. The molecule has 0 bridgehead atoms. The van der Waals surface area contributed by atoms with Crippen LogP contribution in [0.3, 0.4) is 0 Å². The molecule has 1 rings (SSSR count). The lowest BCUT2D eigenvalue weighted by molar-refractivity contribution is -0.684. The molecule has 14 heavy (non-hydrogen) atoms. The fourth-order valence-electron chi connectivity index (χ4n) is 0.927. The minimum Gasteiger partial charge on any atom is -1.00 e. The molecule has 1 amide bonds. The molecule has 1 heterocycles. The number of carboxylic acids is 1. The number of hydrogen-bond donors (Lipinski definition) is 2. The van der Waals surface area contributed by atoms with E-state index in [1.165, 1.54) is 16.8 Å². The molecular formula is C8H9BrN2O3. The second kappa shape index (κ2) is 5.33. The highest BCUT2D eigenvalue weighted by molar-refractivity contribution is 5.86. The van der Waals surface area contributed by atoms with Gasteiger partial charge in [0.1, 0.15) is 5.56 Å². The number of aromatic carboxylic acids is 1. The number of nitrogens with two attached hydrogens (primary N) is 1. The summed E-state index contributed by atoms with van der Waals surface area (Å²) in [5.74, 6) is -1.54. The molecule has 6 heteroatoms. The van der Waals surface area contributed by atoms with Crippen molar-refractivity contribution in [3.05, 3.63) is 30.1 Å². The SMILES string of the molecule is NC(=O)C[n+]1cccc(C(=O)O)c1.[Br-]. The maximum Gasteiger partial charge on any atom is 0.341 e. The fraction of sp³-hybridized carbons (Fsp3) is 0.125. The van der Waals surface area contributed by atoms with E-state index in [0.29, 0.717) is 0 Å². The van der Waals surface area contributed by atoms with Crippen molar-refractivity contribution >= 4 is 11.9 Å². The van der Waals surface area contributed by atoms with Crippen LogP contribution in [0.4, 0.5) is 0 Å². The van der Waals surface area contributed by atoms with E-state index in [0.717, 1.165) is 0 Å². The topological polar surface area (TPSA) is 84.3 Å². The molecule has 1 aromatic heterocycles. The van der Waals surface area contributed by atoms with Gasteiger partial charge in [-0.15, -0.1) is 0 Å². The van der Waals surface area contributed by atoms with Gasteiger partial charge >= 0.3 is 5.97 Å². The lowest BCUT2D eigenvalue weighted by atomic mass is 10.3. The molecule has 0 aliphatic carbocycles. The predicted molar refractivity (Wildman–Crippen MR) is 42.8 cm³/mol. The number of nitrogens with zero attached hydrogens (tertiary/aromatic N) is 1. The van der Waals surface area contributed by atoms with Crippen LogP contribution in [0, 0.1) is 0 Å². The maximum absolute atomic E-state index is 10.5. The van der Waals surface area contributed by atoms with Crippen molar-refractivity contribution in [2.75, 3.05) is 0 Å². The largest absolute Gasteiger partial charge is 1.00 e. The third-order valence-corrected chi connectivity index (χ3v) is 1.44. The van der Waals surface area contributed by atoms with E-state index < -0.39 is 11.9 Å². The number of carbonyl (C=O) groups is 2. The number of primary amides is 1. The normalized spacial score (nSPS) is 8.86. The van der Waals surface area contributed by atoms with Crippen molar-refractivity contribution < 1.29 is 36.2 Å². The second-order valence-electron chi connectivity index (χ2n) is 2.54. The van der Waals surface area contributed by atoms with Crippen molar-refractivity contribution in [1.29, 1.82) is 0 Å². The first-order valence-corrected chi connectivity index (χ1v) is 3.60. The molecule has 0 aliphatic rings. The lowest BCUT2D eigenvalue weighted by Gasteiger charge is -1.93.